The Morgan fingerprint density at radius 2 is 2.18 bits per heavy atom. The third kappa shape index (κ3) is 3.93. The van der Waals surface area contributed by atoms with Crippen LogP contribution in [0.25, 0.3) is 0 Å². The zero-order chi connectivity index (χ0) is 13.1. The van der Waals surface area contributed by atoms with Crippen LogP contribution in [0.1, 0.15) is 26.2 Å². The number of aliphatic hydroxyl groups is 1. The topological polar surface area (TPSA) is 86.7 Å². The van der Waals surface area contributed by atoms with Crippen molar-refractivity contribution in [3.05, 3.63) is 0 Å². The fourth-order valence-electron chi connectivity index (χ4n) is 1.95. The smallest absolute Gasteiger partial charge is 0.238 e. The van der Waals surface area contributed by atoms with Gasteiger partial charge in [0.15, 0.2) is 0 Å². The Hall–Kier alpha value is -0.660. The summed E-state index contributed by atoms with van der Waals surface area (Å²) in [7, 11) is -3.35. The Bertz CT molecular complexity index is 369. The summed E-state index contributed by atoms with van der Waals surface area (Å²) in [5.41, 5.74) is 0. The van der Waals surface area contributed by atoms with Gasteiger partial charge in [0.25, 0.3) is 0 Å². The molecule has 1 aliphatic heterocycles. The molecule has 17 heavy (non-hydrogen) atoms. The second-order valence-electron chi connectivity index (χ2n) is 4.48. The monoisotopic (exact) mass is 264 g/mol. The van der Waals surface area contributed by atoms with E-state index in [0.717, 1.165) is 19.1 Å². The van der Waals surface area contributed by atoms with Crippen LogP contribution in [0.4, 0.5) is 0 Å². The number of nitrogens with zero attached hydrogens (tertiary/aromatic N) is 1. The van der Waals surface area contributed by atoms with Gasteiger partial charge >= 0.3 is 0 Å². The van der Waals surface area contributed by atoms with E-state index in [1.165, 1.54) is 4.31 Å². The highest BCUT2D eigenvalue weighted by molar-refractivity contribution is 7.88. The summed E-state index contributed by atoms with van der Waals surface area (Å²) >= 11 is 0. The van der Waals surface area contributed by atoms with E-state index < -0.39 is 16.1 Å². The summed E-state index contributed by atoms with van der Waals surface area (Å²) in [5, 5.41) is 11.5. The zero-order valence-electron chi connectivity index (χ0n) is 10.2. The van der Waals surface area contributed by atoms with E-state index in [1.807, 2.05) is 0 Å². The standard InChI is InChI=1S/C10H20N2O4S/c1-8(7-13)11-10(14)9-5-3-4-6-12(9)17(2,15)16/h8-9,13H,3-7H2,1-2H3,(H,11,14)/t8-,9?/m0/s1. The summed E-state index contributed by atoms with van der Waals surface area (Å²) in [5.74, 6) is -0.323. The van der Waals surface area contributed by atoms with Gasteiger partial charge in [-0.05, 0) is 19.8 Å². The molecule has 2 N–H and O–H groups in total. The Morgan fingerprint density at radius 3 is 2.71 bits per heavy atom. The number of carbonyl (C=O) groups excluding carboxylic acids is 1. The molecule has 0 aromatic heterocycles. The van der Waals surface area contributed by atoms with Crippen LogP contribution in [0.15, 0.2) is 0 Å². The molecule has 2 atom stereocenters. The number of hydrogen-bond donors (Lipinski definition) is 2. The molecule has 6 nitrogen and oxygen atoms in total. The lowest BCUT2D eigenvalue weighted by atomic mass is 10.0. The van der Waals surface area contributed by atoms with Crippen LogP contribution in [0.3, 0.4) is 0 Å². The van der Waals surface area contributed by atoms with E-state index >= 15 is 0 Å². The molecule has 1 fully saturated rings. The largest absolute Gasteiger partial charge is 0.394 e. The first-order valence-electron chi connectivity index (χ1n) is 5.74. The number of hydrogen-bond acceptors (Lipinski definition) is 4. The van der Waals surface area contributed by atoms with Gasteiger partial charge in [-0.3, -0.25) is 4.79 Å². The molecule has 0 radical (unpaired) electrons. The molecule has 100 valence electrons. The molecule has 1 unspecified atom stereocenters. The van der Waals surface area contributed by atoms with E-state index in [-0.39, 0.29) is 18.6 Å². The summed E-state index contributed by atoms with van der Waals surface area (Å²) in [6, 6.07) is -0.987. The quantitative estimate of drug-likeness (QED) is 0.703. The van der Waals surface area contributed by atoms with Crippen LogP contribution in [-0.2, 0) is 14.8 Å². The number of rotatable bonds is 4. The molecule has 0 aromatic carbocycles. The van der Waals surface area contributed by atoms with E-state index in [0.29, 0.717) is 13.0 Å². The van der Waals surface area contributed by atoms with Crippen LogP contribution in [0, 0.1) is 0 Å². The first-order valence-corrected chi connectivity index (χ1v) is 7.59. The minimum Gasteiger partial charge on any atom is -0.394 e. The highest BCUT2D eigenvalue weighted by atomic mass is 32.2. The Kier molecular flexibility index (Phi) is 4.91. The number of amides is 1. The predicted molar refractivity (Wildman–Crippen MR) is 63.9 cm³/mol. The van der Waals surface area contributed by atoms with Crippen molar-refractivity contribution in [1.82, 2.24) is 9.62 Å². The van der Waals surface area contributed by atoms with Crippen LogP contribution in [-0.4, -0.2) is 55.2 Å². The van der Waals surface area contributed by atoms with Gasteiger partial charge in [-0.15, -0.1) is 0 Å². The average molecular weight is 264 g/mol. The van der Waals surface area contributed by atoms with Crippen molar-refractivity contribution in [3.8, 4) is 0 Å². The summed E-state index contributed by atoms with van der Waals surface area (Å²) in [4.78, 5) is 11.9. The molecular formula is C10H20N2O4S. The molecule has 0 saturated carbocycles. The van der Waals surface area contributed by atoms with E-state index in [9.17, 15) is 13.2 Å². The van der Waals surface area contributed by atoms with Crippen molar-refractivity contribution in [2.24, 2.45) is 0 Å². The second kappa shape index (κ2) is 5.79. The Labute approximate surface area is 102 Å². The maximum absolute atomic E-state index is 11.9. The van der Waals surface area contributed by atoms with Gasteiger partial charge in [0.05, 0.1) is 12.9 Å². The van der Waals surface area contributed by atoms with Crippen molar-refractivity contribution in [2.75, 3.05) is 19.4 Å². The van der Waals surface area contributed by atoms with Gasteiger partial charge in [-0.25, -0.2) is 8.42 Å². The lowest BCUT2D eigenvalue weighted by Crippen LogP contribution is -2.53. The normalized spacial score (nSPS) is 24.3. The Balaban J connectivity index is 2.75. The van der Waals surface area contributed by atoms with E-state index in [1.54, 1.807) is 6.92 Å². The van der Waals surface area contributed by atoms with Gasteiger partial charge in [0.1, 0.15) is 6.04 Å². The minimum absolute atomic E-state index is 0.155. The van der Waals surface area contributed by atoms with Gasteiger partial charge in [-0.2, -0.15) is 4.31 Å². The number of nitrogens with one attached hydrogen (secondary N) is 1. The van der Waals surface area contributed by atoms with Gasteiger partial charge in [0, 0.05) is 12.6 Å². The average Bonchev–Trinajstić information content (AvgIpc) is 2.27. The molecule has 1 rings (SSSR count). The zero-order valence-corrected chi connectivity index (χ0v) is 11.0. The van der Waals surface area contributed by atoms with E-state index in [2.05, 4.69) is 5.32 Å². The van der Waals surface area contributed by atoms with Crippen LogP contribution >= 0.6 is 0 Å². The molecule has 0 bridgehead atoms. The minimum atomic E-state index is -3.35. The molecular weight excluding hydrogens is 244 g/mol. The van der Waals surface area contributed by atoms with Crippen molar-refractivity contribution in [2.45, 2.75) is 38.3 Å². The molecule has 0 aromatic rings. The summed E-state index contributed by atoms with van der Waals surface area (Å²) in [6.45, 7) is 1.91. The maximum Gasteiger partial charge on any atom is 0.238 e. The lowest BCUT2D eigenvalue weighted by Gasteiger charge is -2.33. The molecule has 0 spiro atoms. The fourth-order valence-corrected chi connectivity index (χ4v) is 3.07. The molecule has 1 aliphatic rings. The molecule has 1 saturated heterocycles. The number of carbonyl (C=O) groups is 1. The van der Waals surface area contributed by atoms with Gasteiger partial charge in [0.2, 0.25) is 15.9 Å². The van der Waals surface area contributed by atoms with Gasteiger partial charge in [-0.1, -0.05) is 6.42 Å². The van der Waals surface area contributed by atoms with Crippen molar-refractivity contribution in [1.29, 1.82) is 0 Å². The van der Waals surface area contributed by atoms with Crippen molar-refractivity contribution >= 4 is 15.9 Å². The summed E-state index contributed by atoms with van der Waals surface area (Å²) in [6.07, 6.45) is 3.29. The number of piperidine rings is 1. The van der Waals surface area contributed by atoms with Crippen LogP contribution < -0.4 is 5.32 Å². The molecule has 1 amide bonds. The third-order valence-corrected chi connectivity index (χ3v) is 4.13. The first kappa shape index (κ1) is 14.4. The van der Waals surface area contributed by atoms with Crippen molar-refractivity contribution in [3.63, 3.8) is 0 Å². The second-order valence-corrected chi connectivity index (χ2v) is 6.41. The van der Waals surface area contributed by atoms with E-state index in [4.69, 9.17) is 5.11 Å². The molecule has 1 heterocycles. The van der Waals surface area contributed by atoms with Crippen molar-refractivity contribution < 1.29 is 18.3 Å². The number of sulfonamides is 1. The predicted octanol–water partition coefficient (Wildman–Crippen LogP) is -0.702. The van der Waals surface area contributed by atoms with Crippen LogP contribution in [0.2, 0.25) is 0 Å². The fraction of sp³-hybridized carbons (Fsp3) is 0.900. The summed E-state index contributed by atoms with van der Waals surface area (Å²) < 4.78 is 24.4. The first-order chi connectivity index (χ1) is 7.86. The Morgan fingerprint density at radius 1 is 1.53 bits per heavy atom. The highest BCUT2D eigenvalue weighted by Gasteiger charge is 2.34. The SMILES string of the molecule is C[C@@H](CO)NC(=O)C1CCCCN1S(C)(=O)=O. The highest BCUT2D eigenvalue weighted by Crippen LogP contribution is 2.19. The number of aliphatic hydroxyl groups excluding tert-OH is 1. The molecule has 0 aliphatic carbocycles. The third-order valence-electron chi connectivity index (χ3n) is 2.84. The molecule has 7 heteroatoms. The van der Waals surface area contributed by atoms with Crippen LogP contribution in [0.5, 0.6) is 0 Å². The van der Waals surface area contributed by atoms with Gasteiger partial charge < -0.3 is 10.4 Å². The maximum atomic E-state index is 11.9. The lowest BCUT2D eigenvalue weighted by molar-refractivity contribution is -0.126.